The minimum absolute atomic E-state index is 0.0500. The Bertz CT molecular complexity index is 287. The van der Waals surface area contributed by atoms with E-state index >= 15 is 0 Å². The molecule has 0 aromatic heterocycles. The van der Waals surface area contributed by atoms with Crippen molar-refractivity contribution < 1.29 is 9.59 Å². The second kappa shape index (κ2) is 4.82. The van der Waals surface area contributed by atoms with Crippen LogP contribution in [0.3, 0.4) is 0 Å². The van der Waals surface area contributed by atoms with Gasteiger partial charge in [0.05, 0.1) is 0 Å². The molecule has 0 aromatic rings. The summed E-state index contributed by atoms with van der Waals surface area (Å²) in [7, 11) is 0. The molecule has 0 radical (unpaired) electrons. The van der Waals surface area contributed by atoms with Crippen LogP contribution in [0.4, 0.5) is 4.79 Å². The lowest BCUT2D eigenvalue weighted by atomic mass is 9.91. The maximum atomic E-state index is 11.8. The van der Waals surface area contributed by atoms with Crippen LogP contribution in [0, 0.1) is 5.92 Å². The van der Waals surface area contributed by atoms with Gasteiger partial charge < -0.3 is 10.6 Å². The quantitative estimate of drug-likeness (QED) is 0.680. The summed E-state index contributed by atoms with van der Waals surface area (Å²) in [5, 5.41) is 6.07. The van der Waals surface area contributed by atoms with E-state index in [4.69, 9.17) is 0 Å². The Morgan fingerprint density at radius 2 is 2.00 bits per heavy atom. The highest BCUT2D eigenvalue weighted by Gasteiger charge is 2.37. The zero-order chi connectivity index (χ0) is 11.5. The average Bonchev–Trinajstić information content (AvgIpc) is 2.55. The number of carbonyl (C=O) groups excluding carboxylic acids is 2. The van der Waals surface area contributed by atoms with Gasteiger partial charge in [0.2, 0.25) is 0 Å². The van der Waals surface area contributed by atoms with Gasteiger partial charge in [-0.2, -0.15) is 0 Å². The number of hydrogen-bond donors (Lipinski definition) is 2. The molecule has 2 heterocycles. The molecule has 0 bridgehead atoms. The molecule has 0 aliphatic carbocycles. The number of rotatable bonds is 3. The normalized spacial score (nSPS) is 27.3. The van der Waals surface area contributed by atoms with Crippen molar-refractivity contribution in [2.24, 2.45) is 5.92 Å². The minimum Gasteiger partial charge on any atom is -0.326 e. The molecular weight excluding hydrogens is 206 g/mol. The summed E-state index contributed by atoms with van der Waals surface area (Å²) in [5.41, 5.74) is 0. The molecule has 16 heavy (non-hydrogen) atoms. The van der Waals surface area contributed by atoms with Gasteiger partial charge >= 0.3 is 6.03 Å². The van der Waals surface area contributed by atoms with Crippen LogP contribution in [0.5, 0.6) is 0 Å². The molecule has 2 fully saturated rings. The number of imide groups is 1. The average molecular weight is 225 g/mol. The number of nitrogens with zero attached hydrogens (tertiary/aromatic N) is 1. The van der Waals surface area contributed by atoms with Gasteiger partial charge in [0.25, 0.3) is 5.91 Å². The molecular formula is C11H19N3O2. The van der Waals surface area contributed by atoms with E-state index in [0.717, 1.165) is 32.4 Å². The van der Waals surface area contributed by atoms with Crippen molar-refractivity contribution in [1.82, 2.24) is 15.5 Å². The summed E-state index contributed by atoms with van der Waals surface area (Å²) in [6, 6.07) is -0.512. The molecule has 2 aliphatic heterocycles. The topological polar surface area (TPSA) is 61.4 Å². The van der Waals surface area contributed by atoms with Crippen molar-refractivity contribution in [2.45, 2.75) is 32.2 Å². The number of hydrogen-bond acceptors (Lipinski definition) is 3. The molecule has 2 saturated heterocycles. The molecule has 2 N–H and O–H groups in total. The first kappa shape index (κ1) is 11.4. The molecule has 2 rings (SSSR count). The van der Waals surface area contributed by atoms with Crippen LogP contribution >= 0.6 is 0 Å². The van der Waals surface area contributed by atoms with E-state index in [1.54, 1.807) is 0 Å². The van der Waals surface area contributed by atoms with E-state index in [1.807, 2.05) is 6.92 Å². The van der Waals surface area contributed by atoms with Gasteiger partial charge in [-0.15, -0.1) is 0 Å². The van der Waals surface area contributed by atoms with Gasteiger partial charge in [0.1, 0.15) is 6.04 Å². The third-order valence-corrected chi connectivity index (χ3v) is 3.45. The van der Waals surface area contributed by atoms with Crippen molar-refractivity contribution in [3.05, 3.63) is 0 Å². The molecule has 5 nitrogen and oxygen atoms in total. The van der Waals surface area contributed by atoms with Crippen LogP contribution < -0.4 is 10.6 Å². The van der Waals surface area contributed by atoms with E-state index in [-0.39, 0.29) is 18.0 Å². The lowest BCUT2D eigenvalue weighted by Gasteiger charge is -2.24. The largest absolute Gasteiger partial charge is 0.326 e. The lowest BCUT2D eigenvalue weighted by Crippen LogP contribution is -2.35. The number of carbonyl (C=O) groups is 2. The second-order valence-corrected chi connectivity index (χ2v) is 4.51. The molecule has 2 aliphatic rings. The number of amides is 3. The van der Waals surface area contributed by atoms with Gasteiger partial charge in [0, 0.05) is 6.54 Å². The van der Waals surface area contributed by atoms with Crippen molar-refractivity contribution in [2.75, 3.05) is 19.6 Å². The molecule has 3 amide bonds. The first-order chi connectivity index (χ1) is 7.72. The van der Waals surface area contributed by atoms with Gasteiger partial charge in [-0.25, -0.2) is 4.79 Å². The summed E-state index contributed by atoms with van der Waals surface area (Å²) in [5.74, 6) is 0.512. The van der Waals surface area contributed by atoms with Gasteiger partial charge in [-0.05, 0) is 45.2 Å². The van der Waals surface area contributed by atoms with Crippen LogP contribution in [-0.4, -0.2) is 42.5 Å². The van der Waals surface area contributed by atoms with Crippen LogP contribution in [0.15, 0.2) is 0 Å². The number of nitrogens with one attached hydrogen (secondary N) is 2. The zero-order valence-corrected chi connectivity index (χ0v) is 9.66. The van der Waals surface area contributed by atoms with Crippen molar-refractivity contribution in [1.29, 1.82) is 0 Å². The summed E-state index contributed by atoms with van der Waals surface area (Å²) < 4.78 is 0. The number of piperidine rings is 1. The Labute approximate surface area is 95.6 Å². The lowest BCUT2D eigenvalue weighted by molar-refractivity contribution is -0.127. The Morgan fingerprint density at radius 3 is 2.56 bits per heavy atom. The van der Waals surface area contributed by atoms with Crippen molar-refractivity contribution in [3.8, 4) is 0 Å². The van der Waals surface area contributed by atoms with Crippen LogP contribution in [0.2, 0.25) is 0 Å². The van der Waals surface area contributed by atoms with Crippen molar-refractivity contribution in [3.63, 3.8) is 0 Å². The SMILES string of the molecule is CCN1C(=O)NC(CC2CCNCC2)C1=O. The maximum absolute atomic E-state index is 11.8. The fraction of sp³-hybridized carbons (Fsp3) is 0.818. The van der Waals surface area contributed by atoms with E-state index in [1.165, 1.54) is 4.90 Å². The monoisotopic (exact) mass is 225 g/mol. The second-order valence-electron chi connectivity index (χ2n) is 4.51. The van der Waals surface area contributed by atoms with Crippen LogP contribution in [-0.2, 0) is 4.79 Å². The van der Waals surface area contributed by atoms with E-state index in [2.05, 4.69) is 10.6 Å². The molecule has 90 valence electrons. The fourth-order valence-corrected chi connectivity index (χ4v) is 2.49. The number of likely N-dealkylation sites (N-methyl/N-ethyl adjacent to an activating group) is 1. The van der Waals surface area contributed by atoms with E-state index in [9.17, 15) is 9.59 Å². The Morgan fingerprint density at radius 1 is 1.31 bits per heavy atom. The summed E-state index contributed by atoms with van der Waals surface area (Å²) in [6.45, 7) is 4.34. The zero-order valence-electron chi connectivity index (χ0n) is 9.66. The molecule has 5 heteroatoms. The van der Waals surface area contributed by atoms with Gasteiger partial charge in [-0.1, -0.05) is 0 Å². The smallest absolute Gasteiger partial charge is 0.324 e. The Hall–Kier alpha value is -1.10. The predicted molar refractivity (Wildman–Crippen MR) is 59.9 cm³/mol. The molecule has 0 spiro atoms. The fourth-order valence-electron chi connectivity index (χ4n) is 2.49. The van der Waals surface area contributed by atoms with Gasteiger partial charge in [-0.3, -0.25) is 9.69 Å². The highest BCUT2D eigenvalue weighted by molar-refractivity contribution is 6.04. The first-order valence-corrected chi connectivity index (χ1v) is 6.05. The van der Waals surface area contributed by atoms with E-state index in [0.29, 0.717) is 12.5 Å². The van der Waals surface area contributed by atoms with E-state index < -0.39 is 0 Å². The third kappa shape index (κ3) is 2.19. The van der Waals surface area contributed by atoms with Crippen LogP contribution in [0.25, 0.3) is 0 Å². The number of urea groups is 1. The van der Waals surface area contributed by atoms with Crippen LogP contribution in [0.1, 0.15) is 26.2 Å². The summed E-state index contributed by atoms with van der Waals surface area (Å²) in [6.07, 6.45) is 3.00. The standard InChI is InChI=1S/C11H19N3O2/c1-2-14-10(15)9(13-11(14)16)7-8-3-5-12-6-4-8/h8-9,12H,2-7H2,1H3,(H,13,16). The summed E-state index contributed by atoms with van der Waals surface area (Å²) in [4.78, 5) is 24.6. The molecule has 0 aromatic carbocycles. The minimum atomic E-state index is -0.282. The first-order valence-electron chi connectivity index (χ1n) is 6.05. The maximum Gasteiger partial charge on any atom is 0.324 e. The Balaban J connectivity index is 1.90. The third-order valence-electron chi connectivity index (χ3n) is 3.45. The predicted octanol–water partition coefficient (Wildman–Crippen LogP) is 0.316. The van der Waals surface area contributed by atoms with Gasteiger partial charge in [0.15, 0.2) is 0 Å². The summed E-state index contributed by atoms with van der Waals surface area (Å²) >= 11 is 0. The Kier molecular flexibility index (Phi) is 3.43. The molecule has 0 saturated carbocycles. The highest BCUT2D eigenvalue weighted by atomic mass is 16.2. The van der Waals surface area contributed by atoms with Crippen molar-refractivity contribution >= 4 is 11.9 Å². The molecule has 1 unspecified atom stereocenters. The molecule has 1 atom stereocenters. The highest BCUT2D eigenvalue weighted by Crippen LogP contribution is 2.21.